The van der Waals surface area contributed by atoms with Crippen molar-refractivity contribution < 1.29 is 23.1 Å². The molecule has 1 unspecified atom stereocenters. The van der Waals surface area contributed by atoms with E-state index in [9.17, 15) is 18.0 Å². The van der Waals surface area contributed by atoms with Crippen molar-refractivity contribution in [2.75, 3.05) is 39.0 Å². The van der Waals surface area contributed by atoms with Crippen LogP contribution >= 0.6 is 0 Å². The average Bonchev–Trinajstić information content (AvgIpc) is 2.45. The number of carbonyl (C=O) groups excluding carboxylic acids is 1. The zero-order chi connectivity index (χ0) is 16.8. The number of nitrogens with one attached hydrogen (secondary N) is 1. The van der Waals surface area contributed by atoms with Crippen molar-refractivity contribution in [3.05, 3.63) is 0 Å². The number of rotatable bonds is 7. The van der Waals surface area contributed by atoms with Crippen molar-refractivity contribution in [1.82, 2.24) is 14.5 Å². The summed E-state index contributed by atoms with van der Waals surface area (Å²) >= 11 is 0. The first-order valence-corrected chi connectivity index (χ1v) is 9.31. The summed E-state index contributed by atoms with van der Waals surface area (Å²) in [6.07, 6.45) is 2.96. The highest BCUT2D eigenvalue weighted by molar-refractivity contribution is 7.88. The summed E-state index contributed by atoms with van der Waals surface area (Å²) in [5.41, 5.74) is 0. The van der Waals surface area contributed by atoms with Crippen LogP contribution in [0, 0.1) is 5.92 Å². The molecule has 1 aliphatic heterocycles. The number of sulfonamides is 1. The minimum atomic E-state index is -3.21. The largest absolute Gasteiger partial charge is 0.481 e. The first kappa shape index (κ1) is 18.7. The van der Waals surface area contributed by atoms with Gasteiger partial charge in [0.05, 0.1) is 12.2 Å². The summed E-state index contributed by atoms with van der Waals surface area (Å²) in [4.78, 5) is 24.4. The molecule has 0 bridgehead atoms. The number of likely N-dealkylation sites (tertiary alicyclic amines) is 1. The van der Waals surface area contributed by atoms with E-state index < -0.39 is 21.9 Å². The number of carboxylic acid groups (broad SMARTS) is 1. The Morgan fingerprint density at radius 1 is 1.41 bits per heavy atom. The number of hydrogen-bond acceptors (Lipinski definition) is 4. The van der Waals surface area contributed by atoms with Crippen molar-refractivity contribution in [3.63, 3.8) is 0 Å². The maximum atomic E-state index is 12.0. The van der Waals surface area contributed by atoms with Crippen LogP contribution in [-0.2, 0) is 14.8 Å². The van der Waals surface area contributed by atoms with Crippen molar-refractivity contribution in [2.24, 2.45) is 5.92 Å². The molecular formula is C13H25N3O5S. The topological polar surface area (TPSA) is 107 Å². The van der Waals surface area contributed by atoms with Gasteiger partial charge < -0.3 is 15.3 Å². The van der Waals surface area contributed by atoms with Gasteiger partial charge >= 0.3 is 12.0 Å². The summed E-state index contributed by atoms with van der Waals surface area (Å²) in [5.74, 6) is -1.37. The van der Waals surface area contributed by atoms with E-state index in [2.05, 4.69) is 5.32 Å². The maximum absolute atomic E-state index is 12.0. The van der Waals surface area contributed by atoms with Gasteiger partial charge in [-0.3, -0.25) is 4.79 Å². The van der Waals surface area contributed by atoms with Crippen LogP contribution in [0.4, 0.5) is 4.79 Å². The van der Waals surface area contributed by atoms with Gasteiger partial charge in [-0.25, -0.2) is 17.5 Å². The molecule has 1 heterocycles. The van der Waals surface area contributed by atoms with Crippen molar-refractivity contribution in [1.29, 1.82) is 0 Å². The normalized spacial score (nSPS) is 19.2. The Bertz CT molecular complexity index is 494. The molecule has 22 heavy (non-hydrogen) atoms. The Kier molecular flexibility index (Phi) is 7.08. The number of nitrogens with zero attached hydrogens (tertiary/aromatic N) is 2. The molecule has 0 aromatic carbocycles. The van der Waals surface area contributed by atoms with Crippen molar-refractivity contribution in [3.8, 4) is 0 Å². The second-order valence-corrected chi connectivity index (χ2v) is 7.45. The molecule has 9 heteroatoms. The monoisotopic (exact) mass is 335 g/mol. The molecular weight excluding hydrogens is 310 g/mol. The minimum absolute atomic E-state index is 0.228. The van der Waals surface area contributed by atoms with E-state index in [1.54, 1.807) is 6.92 Å². The highest BCUT2D eigenvalue weighted by atomic mass is 32.2. The SMILES string of the molecule is CCN(CCCNC(=O)N1CCCC(C(=O)O)C1)S(C)(=O)=O. The van der Waals surface area contributed by atoms with Gasteiger partial charge in [0.1, 0.15) is 0 Å². The smallest absolute Gasteiger partial charge is 0.317 e. The third kappa shape index (κ3) is 5.80. The van der Waals surface area contributed by atoms with Crippen LogP contribution in [0.2, 0.25) is 0 Å². The lowest BCUT2D eigenvalue weighted by Gasteiger charge is -2.30. The molecule has 0 radical (unpaired) electrons. The Morgan fingerprint density at radius 2 is 2.09 bits per heavy atom. The summed E-state index contributed by atoms with van der Waals surface area (Å²) in [6, 6.07) is -0.284. The van der Waals surface area contributed by atoms with Gasteiger partial charge in [-0.1, -0.05) is 6.92 Å². The van der Waals surface area contributed by atoms with Crippen LogP contribution in [0.3, 0.4) is 0 Å². The number of amides is 2. The second kappa shape index (κ2) is 8.33. The fraction of sp³-hybridized carbons (Fsp3) is 0.846. The predicted octanol–water partition coefficient (Wildman–Crippen LogP) is 0.164. The van der Waals surface area contributed by atoms with E-state index in [1.165, 1.54) is 9.21 Å². The lowest BCUT2D eigenvalue weighted by Crippen LogP contribution is -2.47. The van der Waals surface area contributed by atoms with E-state index in [0.717, 1.165) is 6.26 Å². The molecule has 1 rings (SSSR count). The zero-order valence-electron chi connectivity index (χ0n) is 13.1. The van der Waals surface area contributed by atoms with Gasteiger partial charge in [-0.15, -0.1) is 0 Å². The lowest BCUT2D eigenvalue weighted by atomic mass is 9.99. The molecule has 2 amide bonds. The molecule has 1 saturated heterocycles. The van der Waals surface area contributed by atoms with Crippen LogP contribution in [0.1, 0.15) is 26.2 Å². The van der Waals surface area contributed by atoms with Crippen LogP contribution in [0.5, 0.6) is 0 Å². The van der Waals surface area contributed by atoms with Gasteiger partial charge in [-0.2, -0.15) is 0 Å². The van der Waals surface area contributed by atoms with E-state index >= 15 is 0 Å². The van der Waals surface area contributed by atoms with Gasteiger partial charge in [-0.05, 0) is 19.3 Å². The first-order valence-electron chi connectivity index (χ1n) is 7.46. The molecule has 0 aromatic rings. The summed E-state index contributed by atoms with van der Waals surface area (Å²) in [5, 5.41) is 11.7. The Morgan fingerprint density at radius 3 is 2.64 bits per heavy atom. The summed E-state index contributed by atoms with van der Waals surface area (Å²) < 4.78 is 24.2. The van der Waals surface area contributed by atoms with E-state index in [4.69, 9.17) is 5.11 Å². The molecule has 1 aliphatic rings. The van der Waals surface area contributed by atoms with E-state index in [0.29, 0.717) is 45.4 Å². The quantitative estimate of drug-likeness (QED) is 0.645. The third-order valence-corrected chi connectivity index (χ3v) is 5.12. The lowest BCUT2D eigenvalue weighted by molar-refractivity contribution is -0.143. The molecule has 0 spiro atoms. The maximum Gasteiger partial charge on any atom is 0.317 e. The van der Waals surface area contributed by atoms with Crippen LogP contribution < -0.4 is 5.32 Å². The number of urea groups is 1. The zero-order valence-corrected chi connectivity index (χ0v) is 13.9. The van der Waals surface area contributed by atoms with Gasteiger partial charge in [0.15, 0.2) is 0 Å². The van der Waals surface area contributed by atoms with Crippen molar-refractivity contribution in [2.45, 2.75) is 26.2 Å². The average molecular weight is 335 g/mol. The predicted molar refractivity (Wildman–Crippen MR) is 82.0 cm³/mol. The fourth-order valence-corrected chi connectivity index (χ4v) is 3.41. The molecule has 128 valence electrons. The number of piperidine rings is 1. The van der Waals surface area contributed by atoms with Gasteiger partial charge in [0, 0.05) is 32.7 Å². The fourth-order valence-electron chi connectivity index (χ4n) is 2.48. The third-order valence-electron chi connectivity index (χ3n) is 3.74. The molecule has 1 atom stereocenters. The number of carbonyl (C=O) groups is 2. The summed E-state index contributed by atoms with van der Waals surface area (Å²) in [7, 11) is -3.21. The molecule has 0 aromatic heterocycles. The number of carboxylic acids is 1. The molecule has 8 nitrogen and oxygen atoms in total. The standard InChI is InChI=1S/C13H25N3O5S/c1-3-16(22(2,20)21)9-5-7-14-13(19)15-8-4-6-11(10-15)12(17)18/h11H,3-10H2,1-2H3,(H,14,19)(H,17,18). The van der Waals surface area contributed by atoms with Crippen LogP contribution in [0.25, 0.3) is 0 Å². The van der Waals surface area contributed by atoms with Gasteiger partial charge in [0.25, 0.3) is 0 Å². The molecule has 0 aliphatic carbocycles. The highest BCUT2D eigenvalue weighted by Gasteiger charge is 2.27. The molecule has 0 saturated carbocycles. The van der Waals surface area contributed by atoms with Crippen LogP contribution in [-0.4, -0.2) is 73.7 Å². The number of hydrogen-bond donors (Lipinski definition) is 2. The number of aliphatic carboxylic acids is 1. The first-order chi connectivity index (χ1) is 10.3. The molecule has 2 N–H and O–H groups in total. The Labute approximate surface area is 131 Å². The van der Waals surface area contributed by atoms with Gasteiger partial charge in [0.2, 0.25) is 10.0 Å². The minimum Gasteiger partial charge on any atom is -0.481 e. The van der Waals surface area contributed by atoms with E-state index in [1.807, 2.05) is 0 Å². The van der Waals surface area contributed by atoms with Crippen molar-refractivity contribution >= 4 is 22.0 Å². The summed E-state index contributed by atoms with van der Waals surface area (Å²) in [6.45, 7) is 3.66. The second-order valence-electron chi connectivity index (χ2n) is 5.46. The molecule has 1 fully saturated rings. The Balaban J connectivity index is 2.33. The Hall–Kier alpha value is -1.35. The highest BCUT2D eigenvalue weighted by Crippen LogP contribution is 2.16. The van der Waals surface area contributed by atoms with Crippen LogP contribution in [0.15, 0.2) is 0 Å². The van der Waals surface area contributed by atoms with E-state index in [-0.39, 0.29) is 12.6 Å².